The summed E-state index contributed by atoms with van der Waals surface area (Å²) in [5, 5.41) is 3.16. The van der Waals surface area contributed by atoms with Crippen molar-refractivity contribution in [2.24, 2.45) is 16.6 Å². The van der Waals surface area contributed by atoms with Gasteiger partial charge in [-0.1, -0.05) is 6.07 Å². The fraction of sp³-hybridized carbons (Fsp3) is 0.533. The highest BCUT2D eigenvalue weighted by Gasteiger charge is 2.18. The number of aliphatic imine (C=N–C) groups is 1. The highest BCUT2D eigenvalue weighted by molar-refractivity contribution is 14.0. The van der Waals surface area contributed by atoms with E-state index in [0.717, 1.165) is 18.8 Å². The Bertz CT molecular complexity index is 473. The monoisotopic (exact) mass is 388 g/mol. The van der Waals surface area contributed by atoms with Gasteiger partial charge in [-0.3, -0.25) is 4.99 Å². The van der Waals surface area contributed by atoms with E-state index < -0.39 is 0 Å². The normalized spacial score (nSPS) is 19.8. The summed E-state index contributed by atoms with van der Waals surface area (Å²) in [6.07, 6.45) is 1.22. The van der Waals surface area contributed by atoms with E-state index in [1.807, 2.05) is 6.07 Å². The van der Waals surface area contributed by atoms with Crippen LogP contribution < -0.4 is 11.1 Å². The van der Waals surface area contributed by atoms with Gasteiger partial charge in [0.25, 0.3) is 0 Å². The molecule has 0 saturated carbocycles. The summed E-state index contributed by atoms with van der Waals surface area (Å²) in [7, 11) is 2.15. The zero-order valence-electron chi connectivity index (χ0n) is 12.5. The molecular formula is C15H25IN4. The van der Waals surface area contributed by atoms with E-state index in [2.05, 4.69) is 48.2 Å². The Labute approximate surface area is 138 Å². The first-order chi connectivity index (χ1) is 9.04. The fourth-order valence-electron chi connectivity index (χ4n) is 2.41. The van der Waals surface area contributed by atoms with Crippen LogP contribution in [0.4, 0.5) is 5.69 Å². The Kier molecular flexibility index (Phi) is 6.75. The Morgan fingerprint density at radius 3 is 2.75 bits per heavy atom. The first kappa shape index (κ1) is 17.2. The van der Waals surface area contributed by atoms with Gasteiger partial charge < -0.3 is 16.0 Å². The first-order valence-corrected chi connectivity index (χ1v) is 6.87. The number of anilines is 1. The molecule has 2 rings (SSSR count). The van der Waals surface area contributed by atoms with Gasteiger partial charge in [0.1, 0.15) is 0 Å². The lowest BCUT2D eigenvalue weighted by atomic mass is 10.1. The third-order valence-electron chi connectivity index (χ3n) is 3.79. The maximum atomic E-state index is 5.93. The van der Waals surface area contributed by atoms with Crippen LogP contribution in [0.25, 0.3) is 0 Å². The lowest BCUT2D eigenvalue weighted by molar-refractivity contribution is 0.397. The van der Waals surface area contributed by atoms with Crippen molar-refractivity contribution in [3.63, 3.8) is 0 Å². The molecule has 1 atom stereocenters. The molecule has 0 amide bonds. The van der Waals surface area contributed by atoms with Gasteiger partial charge in [-0.05, 0) is 63.0 Å². The lowest BCUT2D eigenvalue weighted by Crippen LogP contribution is -2.24. The van der Waals surface area contributed by atoms with E-state index >= 15 is 0 Å². The lowest BCUT2D eigenvalue weighted by Gasteiger charge is -2.10. The molecule has 1 aliphatic heterocycles. The second kappa shape index (κ2) is 7.83. The Balaban J connectivity index is 0.00000200. The van der Waals surface area contributed by atoms with Crippen molar-refractivity contribution in [3.8, 4) is 0 Å². The predicted molar refractivity (Wildman–Crippen MR) is 97.0 cm³/mol. The van der Waals surface area contributed by atoms with Crippen LogP contribution in [0.2, 0.25) is 0 Å². The molecule has 0 aliphatic carbocycles. The molecule has 1 aliphatic rings. The maximum absolute atomic E-state index is 5.93. The number of halogens is 1. The number of hydrogen-bond donors (Lipinski definition) is 2. The molecule has 1 fully saturated rings. The van der Waals surface area contributed by atoms with Crippen LogP contribution in [-0.2, 0) is 0 Å². The van der Waals surface area contributed by atoms with Crippen molar-refractivity contribution in [1.29, 1.82) is 0 Å². The zero-order chi connectivity index (χ0) is 13.8. The number of hydrogen-bond acceptors (Lipinski definition) is 2. The van der Waals surface area contributed by atoms with E-state index in [4.69, 9.17) is 5.73 Å². The molecule has 0 aromatic heterocycles. The second-order valence-corrected chi connectivity index (χ2v) is 5.57. The van der Waals surface area contributed by atoms with Gasteiger partial charge in [0, 0.05) is 18.8 Å². The third kappa shape index (κ3) is 4.94. The van der Waals surface area contributed by atoms with Crippen LogP contribution in [-0.4, -0.2) is 37.5 Å². The Morgan fingerprint density at radius 2 is 2.15 bits per heavy atom. The SMILES string of the molecule is Cc1ccc(NC(N)=NCC2CCN(C)C2)cc1C.I. The topological polar surface area (TPSA) is 53.6 Å². The smallest absolute Gasteiger partial charge is 0.193 e. The number of nitrogens with one attached hydrogen (secondary N) is 1. The summed E-state index contributed by atoms with van der Waals surface area (Å²) in [5.41, 5.74) is 9.49. The van der Waals surface area contributed by atoms with Gasteiger partial charge in [0.15, 0.2) is 5.96 Å². The van der Waals surface area contributed by atoms with Crippen molar-refractivity contribution in [2.75, 3.05) is 32.0 Å². The second-order valence-electron chi connectivity index (χ2n) is 5.57. The quantitative estimate of drug-likeness (QED) is 0.476. The number of guanidine groups is 1. The number of nitrogens with two attached hydrogens (primary N) is 1. The zero-order valence-corrected chi connectivity index (χ0v) is 14.8. The minimum Gasteiger partial charge on any atom is -0.370 e. The fourth-order valence-corrected chi connectivity index (χ4v) is 2.41. The van der Waals surface area contributed by atoms with Gasteiger partial charge in [-0.25, -0.2) is 0 Å². The van der Waals surface area contributed by atoms with Crippen LogP contribution in [0.5, 0.6) is 0 Å². The van der Waals surface area contributed by atoms with E-state index in [9.17, 15) is 0 Å². The molecular weight excluding hydrogens is 363 g/mol. The number of rotatable bonds is 3. The van der Waals surface area contributed by atoms with Crippen molar-refractivity contribution >= 4 is 35.6 Å². The summed E-state index contributed by atoms with van der Waals surface area (Å²) in [6, 6.07) is 6.23. The standard InChI is InChI=1S/C15H24N4.HI/c1-11-4-5-14(8-12(11)2)18-15(16)17-9-13-6-7-19(3)10-13;/h4-5,8,13H,6-7,9-10H2,1-3H3,(H3,16,17,18);1H. The number of likely N-dealkylation sites (tertiary alicyclic amines) is 1. The van der Waals surface area contributed by atoms with Gasteiger partial charge >= 0.3 is 0 Å². The summed E-state index contributed by atoms with van der Waals surface area (Å²) in [6.45, 7) is 7.31. The molecule has 0 spiro atoms. The number of benzene rings is 1. The molecule has 1 aromatic carbocycles. The molecule has 5 heteroatoms. The van der Waals surface area contributed by atoms with Crippen LogP contribution in [0.3, 0.4) is 0 Å². The summed E-state index contributed by atoms with van der Waals surface area (Å²) in [5.74, 6) is 1.16. The molecule has 3 N–H and O–H groups in total. The van der Waals surface area contributed by atoms with Crippen molar-refractivity contribution < 1.29 is 0 Å². The largest absolute Gasteiger partial charge is 0.370 e. The van der Waals surface area contributed by atoms with E-state index in [1.54, 1.807) is 0 Å². The molecule has 1 heterocycles. The molecule has 1 aromatic rings. The minimum absolute atomic E-state index is 0. The van der Waals surface area contributed by atoms with Gasteiger partial charge in [0.05, 0.1) is 0 Å². The Hall–Kier alpha value is -0.820. The van der Waals surface area contributed by atoms with Crippen LogP contribution in [0.15, 0.2) is 23.2 Å². The van der Waals surface area contributed by atoms with Crippen LogP contribution in [0, 0.1) is 19.8 Å². The van der Waals surface area contributed by atoms with E-state index in [-0.39, 0.29) is 24.0 Å². The van der Waals surface area contributed by atoms with Gasteiger partial charge in [-0.15, -0.1) is 24.0 Å². The van der Waals surface area contributed by atoms with Crippen LogP contribution >= 0.6 is 24.0 Å². The van der Waals surface area contributed by atoms with Crippen LogP contribution in [0.1, 0.15) is 17.5 Å². The molecule has 20 heavy (non-hydrogen) atoms. The maximum Gasteiger partial charge on any atom is 0.193 e. The van der Waals surface area contributed by atoms with Crippen molar-refractivity contribution in [1.82, 2.24) is 4.90 Å². The summed E-state index contributed by atoms with van der Waals surface area (Å²) < 4.78 is 0. The number of aryl methyl sites for hydroxylation is 2. The van der Waals surface area contributed by atoms with Gasteiger partial charge in [-0.2, -0.15) is 0 Å². The van der Waals surface area contributed by atoms with E-state index in [1.165, 1.54) is 24.1 Å². The predicted octanol–water partition coefficient (Wildman–Crippen LogP) is 2.60. The van der Waals surface area contributed by atoms with Crippen molar-refractivity contribution in [2.45, 2.75) is 20.3 Å². The molecule has 1 unspecified atom stereocenters. The summed E-state index contributed by atoms with van der Waals surface area (Å²) >= 11 is 0. The van der Waals surface area contributed by atoms with Gasteiger partial charge in [0.2, 0.25) is 0 Å². The molecule has 4 nitrogen and oxygen atoms in total. The highest BCUT2D eigenvalue weighted by atomic mass is 127. The summed E-state index contributed by atoms with van der Waals surface area (Å²) in [4.78, 5) is 6.79. The molecule has 0 radical (unpaired) electrons. The average Bonchev–Trinajstić information content (AvgIpc) is 2.77. The average molecular weight is 388 g/mol. The van der Waals surface area contributed by atoms with E-state index in [0.29, 0.717) is 11.9 Å². The molecule has 1 saturated heterocycles. The minimum atomic E-state index is 0. The van der Waals surface area contributed by atoms with Crippen molar-refractivity contribution in [3.05, 3.63) is 29.3 Å². The molecule has 0 bridgehead atoms. The molecule has 112 valence electrons. The first-order valence-electron chi connectivity index (χ1n) is 6.87. The Morgan fingerprint density at radius 1 is 1.40 bits per heavy atom. The third-order valence-corrected chi connectivity index (χ3v) is 3.79. The highest BCUT2D eigenvalue weighted by Crippen LogP contribution is 2.15. The number of nitrogens with zero attached hydrogens (tertiary/aromatic N) is 2.